The van der Waals surface area contributed by atoms with Crippen molar-refractivity contribution in [1.82, 2.24) is 4.98 Å². The van der Waals surface area contributed by atoms with Crippen molar-refractivity contribution in [2.45, 2.75) is 12.5 Å². The van der Waals surface area contributed by atoms with E-state index >= 15 is 0 Å². The van der Waals surface area contributed by atoms with E-state index in [1.165, 1.54) is 12.1 Å². The van der Waals surface area contributed by atoms with Crippen LogP contribution in [0.15, 0.2) is 12.1 Å². The van der Waals surface area contributed by atoms with Gasteiger partial charge in [-0.25, -0.2) is 4.98 Å². The Morgan fingerprint density at radius 2 is 2.44 bits per heavy atom. The van der Waals surface area contributed by atoms with E-state index in [1.54, 1.807) is 0 Å². The number of pyridine rings is 1. The fourth-order valence-corrected chi connectivity index (χ4v) is 2.73. The predicted molar refractivity (Wildman–Crippen MR) is 64.7 cm³/mol. The van der Waals surface area contributed by atoms with E-state index in [0.29, 0.717) is 11.9 Å². The summed E-state index contributed by atoms with van der Waals surface area (Å²) in [5.74, 6) is 2.77. The zero-order valence-corrected chi connectivity index (χ0v) is 9.37. The summed E-state index contributed by atoms with van der Waals surface area (Å²) >= 11 is 1.86. The Morgan fingerprint density at radius 1 is 1.62 bits per heavy atom. The van der Waals surface area contributed by atoms with E-state index in [0.717, 1.165) is 17.9 Å². The van der Waals surface area contributed by atoms with Crippen LogP contribution >= 0.6 is 11.8 Å². The fraction of sp³-hybridized carbons (Fsp3) is 0.444. The van der Waals surface area contributed by atoms with E-state index in [4.69, 9.17) is 5.73 Å². The van der Waals surface area contributed by atoms with Gasteiger partial charge in [0.2, 0.25) is 0 Å². The second-order valence-corrected chi connectivity index (χ2v) is 4.75. The molecule has 1 aromatic heterocycles. The summed E-state index contributed by atoms with van der Waals surface area (Å²) in [4.78, 5) is 14.2. The van der Waals surface area contributed by atoms with Crippen LogP contribution in [0.5, 0.6) is 0 Å². The van der Waals surface area contributed by atoms with E-state index in [9.17, 15) is 10.1 Å². The minimum Gasteiger partial charge on any atom is -0.383 e. The first kappa shape index (κ1) is 11.0. The monoisotopic (exact) mass is 240 g/mol. The highest BCUT2D eigenvalue weighted by Crippen LogP contribution is 2.23. The number of nitro groups is 1. The van der Waals surface area contributed by atoms with Gasteiger partial charge in [0.15, 0.2) is 0 Å². The van der Waals surface area contributed by atoms with E-state index in [2.05, 4.69) is 10.3 Å². The molecule has 1 unspecified atom stereocenters. The smallest absolute Gasteiger partial charge is 0.276 e. The SMILES string of the molecule is Nc1cc([N+](=O)[O-])cc(NC2CCSC2)n1. The van der Waals surface area contributed by atoms with Crippen molar-refractivity contribution in [2.75, 3.05) is 22.6 Å². The maximum absolute atomic E-state index is 10.6. The van der Waals surface area contributed by atoms with Gasteiger partial charge in [-0.15, -0.1) is 0 Å². The Morgan fingerprint density at radius 3 is 3.06 bits per heavy atom. The molecular weight excluding hydrogens is 228 g/mol. The summed E-state index contributed by atoms with van der Waals surface area (Å²) in [6, 6.07) is 3.01. The summed E-state index contributed by atoms with van der Waals surface area (Å²) in [6.07, 6.45) is 1.05. The molecule has 0 bridgehead atoms. The number of nitrogens with zero attached hydrogens (tertiary/aromatic N) is 2. The molecule has 16 heavy (non-hydrogen) atoms. The minimum absolute atomic E-state index is 0.0272. The summed E-state index contributed by atoms with van der Waals surface area (Å²) in [7, 11) is 0. The number of nitrogens with one attached hydrogen (secondary N) is 1. The first-order valence-corrected chi connectivity index (χ1v) is 6.07. The van der Waals surface area contributed by atoms with Crippen LogP contribution in [0, 0.1) is 10.1 Å². The molecule has 1 aliphatic rings. The molecule has 1 saturated heterocycles. The van der Waals surface area contributed by atoms with Crippen LogP contribution in [-0.4, -0.2) is 27.5 Å². The fourth-order valence-electron chi connectivity index (χ4n) is 1.57. The second-order valence-electron chi connectivity index (χ2n) is 3.60. The van der Waals surface area contributed by atoms with Crippen molar-refractivity contribution in [3.63, 3.8) is 0 Å². The van der Waals surface area contributed by atoms with Crippen molar-refractivity contribution in [2.24, 2.45) is 0 Å². The van der Waals surface area contributed by atoms with Gasteiger partial charge < -0.3 is 11.1 Å². The highest BCUT2D eigenvalue weighted by atomic mass is 32.2. The molecule has 2 heterocycles. The van der Waals surface area contributed by atoms with Crippen LogP contribution in [-0.2, 0) is 0 Å². The topological polar surface area (TPSA) is 94.1 Å². The molecule has 1 aliphatic heterocycles. The third-order valence-corrected chi connectivity index (χ3v) is 3.48. The molecule has 0 spiro atoms. The number of anilines is 2. The molecule has 1 fully saturated rings. The zero-order chi connectivity index (χ0) is 11.5. The van der Waals surface area contributed by atoms with Crippen LogP contribution in [0.2, 0.25) is 0 Å². The summed E-state index contributed by atoms with van der Waals surface area (Å²) in [6.45, 7) is 0. The quantitative estimate of drug-likeness (QED) is 0.614. The molecule has 0 saturated carbocycles. The number of rotatable bonds is 3. The van der Waals surface area contributed by atoms with Crippen molar-refractivity contribution in [3.05, 3.63) is 22.2 Å². The van der Waals surface area contributed by atoms with E-state index < -0.39 is 4.92 Å². The normalized spacial score (nSPS) is 19.6. The van der Waals surface area contributed by atoms with E-state index in [1.807, 2.05) is 11.8 Å². The van der Waals surface area contributed by atoms with Gasteiger partial charge in [0.25, 0.3) is 5.69 Å². The lowest BCUT2D eigenvalue weighted by Crippen LogP contribution is -2.19. The van der Waals surface area contributed by atoms with Crippen LogP contribution in [0.25, 0.3) is 0 Å². The Bertz CT molecular complexity index is 406. The molecule has 0 aromatic carbocycles. The lowest BCUT2D eigenvalue weighted by molar-refractivity contribution is -0.384. The molecule has 1 aromatic rings. The summed E-state index contributed by atoms with van der Waals surface area (Å²) < 4.78 is 0. The summed E-state index contributed by atoms with van der Waals surface area (Å²) in [5.41, 5.74) is 5.48. The first-order chi connectivity index (χ1) is 7.65. The molecule has 86 valence electrons. The molecule has 1 atom stereocenters. The number of thioether (sulfide) groups is 1. The van der Waals surface area contributed by atoms with Crippen molar-refractivity contribution in [1.29, 1.82) is 0 Å². The Labute approximate surface area is 96.8 Å². The van der Waals surface area contributed by atoms with Crippen LogP contribution < -0.4 is 11.1 Å². The Kier molecular flexibility index (Phi) is 3.14. The van der Waals surface area contributed by atoms with Gasteiger partial charge in [0, 0.05) is 11.8 Å². The molecule has 6 nitrogen and oxygen atoms in total. The zero-order valence-electron chi connectivity index (χ0n) is 8.55. The maximum Gasteiger partial charge on any atom is 0.276 e. The number of hydrogen-bond acceptors (Lipinski definition) is 6. The molecule has 2 rings (SSSR count). The molecular formula is C9H12N4O2S. The number of nitrogens with two attached hydrogens (primary N) is 1. The highest BCUT2D eigenvalue weighted by molar-refractivity contribution is 7.99. The van der Waals surface area contributed by atoms with Crippen molar-refractivity contribution >= 4 is 29.1 Å². The van der Waals surface area contributed by atoms with Gasteiger partial charge in [-0.1, -0.05) is 0 Å². The largest absolute Gasteiger partial charge is 0.383 e. The molecule has 7 heteroatoms. The van der Waals surface area contributed by atoms with Crippen molar-refractivity contribution in [3.8, 4) is 0 Å². The average molecular weight is 240 g/mol. The molecule has 0 aliphatic carbocycles. The molecule has 3 N–H and O–H groups in total. The number of hydrogen-bond donors (Lipinski definition) is 2. The van der Waals surface area contributed by atoms with Crippen LogP contribution in [0.4, 0.5) is 17.3 Å². The van der Waals surface area contributed by atoms with Gasteiger partial charge in [-0.3, -0.25) is 10.1 Å². The second kappa shape index (κ2) is 4.56. The standard InChI is InChI=1S/C9H12N4O2S/c10-8-3-7(13(14)15)4-9(12-8)11-6-1-2-16-5-6/h3-4,6H,1-2,5H2,(H3,10,11,12). The highest BCUT2D eigenvalue weighted by Gasteiger charge is 2.17. The minimum atomic E-state index is -0.466. The summed E-state index contributed by atoms with van der Waals surface area (Å²) in [5, 5.41) is 13.8. The molecule has 0 amide bonds. The number of nitrogen functional groups attached to an aromatic ring is 1. The third kappa shape index (κ3) is 2.54. The lowest BCUT2D eigenvalue weighted by atomic mass is 10.2. The Hall–Kier alpha value is -1.50. The lowest BCUT2D eigenvalue weighted by Gasteiger charge is -2.11. The predicted octanol–water partition coefficient (Wildman–Crippen LogP) is 1.49. The molecule has 0 radical (unpaired) electrons. The van der Waals surface area contributed by atoms with Crippen LogP contribution in [0.1, 0.15) is 6.42 Å². The van der Waals surface area contributed by atoms with Gasteiger partial charge in [-0.2, -0.15) is 11.8 Å². The van der Waals surface area contributed by atoms with Gasteiger partial charge in [-0.05, 0) is 12.2 Å². The van der Waals surface area contributed by atoms with Crippen molar-refractivity contribution < 1.29 is 4.92 Å². The van der Waals surface area contributed by atoms with Gasteiger partial charge in [0.1, 0.15) is 11.6 Å². The third-order valence-electron chi connectivity index (χ3n) is 2.32. The van der Waals surface area contributed by atoms with Gasteiger partial charge in [0.05, 0.1) is 17.1 Å². The average Bonchev–Trinajstić information content (AvgIpc) is 2.69. The maximum atomic E-state index is 10.6. The Balaban J connectivity index is 2.16. The van der Waals surface area contributed by atoms with E-state index in [-0.39, 0.29) is 11.5 Å². The first-order valence-electron chi connectivity index (χ1n) is 4.91. The van der Waals surface area contributed by atoms with Gasteiger partial charge >= 0.3 is 0 Å². The van der Waals surface area contributed by atoms with Crippen LogP contribution in [0.3, 0.4) is 0 Å². The number of aromatic nitrogens is 1.